The predicted molar refractivity (Wildman–Crippen MR) is 201 cm³/mol. The van der Waals surface area contributed by atoms with E-state index in [0.717, 1.165) is 61.6 Å². The standard InChI is InChI=1S/C45H35N3O.Pt/c1-28-14-17-38(30(3)20-28)40-25-42(46-27-32(40)5)35-12-9-13-36(22-35)49-37-16-18-39-41-23-34(33-10-7-6-8-11-33)15-19-43(41)48(44(39)24-37)45-21-29(2)31(4)26-47-45;/h6-21,23,25-27H,1-5H3;/q-2;+2/i2D3,4D3;. The number of rotatable bonds is 6. The second-order valence-corrected chi connectivity index (χ2v) is 12.3. The molecule has 246 valence electrons. The first kappa shape index (κ1) is 26.5. The molecule has 0 N–H and O–H groups in total. The molecule has 8 aromatic rings. The number of hydrogen-bond donors (Lipinski definition) is 0. The number of benzene rings is 5. The zero-order valence-corrected chi connectivity index (χ0v) is 29.9. The fraction of sp³-hybridized carbons (Fsp3) is 0.111. The van der Waals surface area contributed by atoms with Gasteiger partial charge < -0.3 is 14.3 Å². The van der Waals surface area contributed by atoms with Crippen LogP contribution in [-0.4, -0.2) is 14.5 Å². The third-order valence-electron chi connectivity index (χ3n) is 8.91. The van der Waals surface area contributed by atoms with Gasteiger partial charge in [-0.15, -0.1) is 41.3 Å². The summed E-state index contributed by atoms with van der Waals surface area (Å²) in [4.78, 5) is 9.26. The number of pyridine rings is 2. The van der Waals surface area contributed by atoms with Crippen LogP contribution < -0.4 is 4.74 Å². The molecule has 0 saturated carbocycles. The van der Waals surface area contributed by atoms with Crippen LogP contribution in [0.4, 0.5) is 0 Å². The summed E-state index contributed by atoms with van der Waals surface area (Å²) in [5.41, 5.74) is 10.0. The summed E-state index contributed by atoms with van der Waals surface area (Å²) in [6, 6.07) is 42.2. The van der Waals surface area contributed by atoms with Gasteiger partial charge in [0, 0.05) is 37.6 Å². The molecule has 0 radical (unpaired) electrons. The first-order valence-corrected chi connectivity index (χ1v) is 16.1. The Morgan fingerprint density at radius 1 is 0.620 bits per heavy atom. The van der Waals surface area contributed by atoms with Gasteiger partial charge in [0.1, 0.15) is 5.82 Å². The molecule has 3 heterocycles. The van der Waals surface area contributed by atoms with Crippen molar-refractivity contribution in [2.75, 3.05) is 0 Å². The van der Waals surface area contributed by atoms with E-state index in [2.05, 4.69) is 68.2 Å². The van der Waals surface area contributed by atoms with Gasteiger partial charge in [0.2, 0.25) is 0 Å². The molecule has 4 nitrogen and oxygen atoms in total. The summed E-state index contributed by atoms with van der Waals surface area (Å²) >= 11 is 0. The van der Waals surface area contributed by atoms with E-state index < -0.39 is 13.7 Å². The van der Waals surface area contributed by atoms with Crippen LogP contribution in [0, 0.1) is 46.6 Å². The number of ether oxygens (including phenoxy) is 1. The van der Waals surface area contributed by atoms with Crippen molar-refractivity contribution in [3.8, 4) is 50.8 Å². The number of nitrogens with zero attached hydrogens (tertiary/aromatic N) is 3. The van der Waals surface area contributed by atoms with Crippen molar-refractivity contribution in [3.63, 3.8) is 0 Å². The van der Waals surface area contributed by atoms with Gasteiger partial charge in [0.05, 0.1) is 0 Å². The van der Waals surface area contributed by atoms with Crippen LogP contribution in [0.3, 0.4) is 0 Å². The molecule has 50 heavy (non-hydrogen) atoms. The van der Waals surface area contributed by atoms with Gasteiger partial charge in [0.15, 0.2) is 0 Å². The molecular weight excluding hydrogens is 794 g/mol. The fourth-order valence-electron chi connectivity index (χ4n) is 6.45. The molecule has 0 saturated heterocycles. The molecule has 8 rings (SSSR count). The Labute approximate surface area is 316 Å². The molecule has 0 atom stereocenters. The monoisotopic (exact) mass is 834 g/mol. The first-order chi connectivity index (χ1) is 26.2. The Hall–Kier alpha value is -5.31. The maximum absolute atomic E-state index is 8.20. The second kappa shape index (κ2) is 13.5. The minimum absolute atomic E-state index is 0. The van der Waals surface area contributed by atoms with Crippen LogP contribution in [0.5, 0.6) is 11.5 Å². The minimum atomic E-state index is -2.69. The van der Waals surface area contributed by atoms with Crippen LogP contribution in [0.1, 0.15) is 36.0 Å². The Bertz CT molecular complexity index is 2760. The minimum Gasteiger partial charge on any atom is -0.503 e. The third kappa shape index (κ3) is 6.17. The molecule has 0 aliphatic carbocycles. The number of aromatic nitrogens is 3. The van der Waals surface area contributed by atoms with E-state index in [9.17, 15) is 0 Å². The van der Waals surface area contributed by atoms with Crippen LogP contribution in [0.2, 0.25) is 0 Å². The molecule has 0 unspecified atom stereocenters. The summed E-state index contributed by atoms with van der Waals surface area (Å²) in [5.74, 6) is 1.11. The second-order valence-electron chi connectivity index (χ2n) is 12.3. The normalized spacial score (nSPS) is 13.4. The largest absolute Gasteiger partial charge is 2.00 e. The Morgan fingerprint density at radius 2 is 1.44 bits per heavy atom. The van der Waals surface area contributed by atoms with Crippen molar-refractivity contribution < 1.29 is 34.0 Å². The molecule has 5 aromatic carbocycles. The summed E-state index contributed by atoms with van der Waals surface area (Å²) in [6.45, 7) is 0.917. The Balaban J connectivity index is 0.00000480. The molecular formula is C45H35N3OPt. The average Bonchev–Trinajstić information content (AvgIpc) is 3.47. The van der Waals surface area contributed by atoms with Crippen molar-refractivity contribution in [2.24, 2.45) is 0 Å². The van der Waals surface area contributed by atoms with E-state index in [1.54, 1.807) is 4.57 Å². The van der Waals surface area contributed by atoms with Crippen LogP contribution >= 0.6 is 0 Å². The van der Waals surface area contributed by atoms with Crippen molar-refractivity contribution >= 4 is 21.8 Å². The quantitative estimate of drug-likeness (QED) is 0.157. The van der Waals surface area contributed by atoms with Gasteiger partial charge in [-0.1, -0.05) is 83.9 Å². The molecule has 0 fully saturated rings. The summed E-state index contributed by atoms with van der Waals surface area (Å²) in [7, 11) is 0. The Morgan fingerprint density at radius 3 is 2.26 bits per heavy atom. The molecule has 0 aliphatic heterocycles. The summed E-state index contributed by atoms with van der Waals surface area (Å²) in [5, 5.41) is 1.72. The van der Waals surface area contributed by atoms with E-state index in [1.165, 1.54) is 17.2 Å². The van der Waals surface area contributed by atoms with Crippen LogP contribution in [0.15, 0.2) is 122 Å². The molecule has 5 heteroatoms. The maximum Gasteiger partial charge on any atom is 2.00 e. The van der Waals surface area contributed by atoms with Gasteiger partial charge in [-0.25, -0.2) is 4.98 Å². The molecule has 3 aromatic heterocycles. The van der Waals surface area contributed by atoms with Crippen molar-refractivity contribution in [3.05, 3.63) is 162 Å². The van der Waals surface area contributed by atoms with E-state index in [-0.39, 0.29) is 38.0 Å². The zero-order valence-electron chi connectivity index (χ0n) is 33.6. The first-order valence-electron chi connectivity index (χ1n) is 19.1. The van der Waals surface area contributed by atoms with Crippen molar-refractivity contribution in [2.45, 2.75) is 34.5 Å². The number of hydrogen-bond acceptors (Lipinski definition) is 3. The van der Waals surface area contributed by atoms with Crippen molar-refractivity contribution in [1.82, 2.24) is 14.5 Å². The topological polar surface area (TPSA) is 39.9 Å². The molecule has 0 amide bonds. The van der Waals surface area contributed by atoms with Gasteiger partial charge in [-0.05, 0) is 102 Å². The van der Waals surface area contributed by atoms with Gasteiger partial charge in [-0.2, -0.15) is 6.07 Å². The predicted octanol–water partition coefficient (Wildman–Crippen LogP) is 11.5. The summed E-state index contributed by atoms with van der Waals surface area (Å²) in [6.07, 6.45) is 3.02. The van der Waals surface area contributed by atoms with Crippen LogP contribution in [0.25, 0.3) is 61.1 Å². The maximum atomic E-state index is 8.20. The number of fused-ring (bicyclic) bond motifs is 3. The fourth-order valence-corrected chi connectivity index (χ4v) is 6.45. The molecule has 0 spiro atoms. The average molecular weight is 835 g/mol. The molecule has 0 aliphatic rings. The zero-order chi connectivity index (χ0) is 38.6. The van der Waals surface area contributed by atoms with E-state index >= 15 is 0 Å². The van der Waals surface area contributed by atoms with Crippen LogP contribution in [-0.2, 0) is 21.1 Å². The Kier molecular flexibility index (Phi) is 7.19. The molecule has 0 bridgehead atoms. The van der Waals surface area contributed by atoms with Crippen molar-refractivity contribution in [1.29, 1.82) is 0 Å². The number of aryl methyl sites for hydroxylation is 5. The summed E-state index contributed by atoms with van der Waals surface area (Å²) < 4.78 is 56.8. The third-order valence-corrected chi connectivity index (χ3v) is 8.91. The van der Waals surface area contributed by atoms with E-state index in [1.807, 2.05) is 79.0 Å². The van der Waals surface area contributed by atoms with E-state index in [0.29, 0.717) is 17.0 Å². The van der Waals surface area contributed by atoms with Gasteiger partial charge >= 0.3 is 21.1 Å². The van der Waals surface area contributed by atoms with Gasteiger partial charge in [0.25, 0.3) is 0 Å². The van der Waals surface area contributed by atoms with E-state index in [4.69, 9.17) is 17.9 Å². The SMILES string of the molecule is [2H]C([2H])([2H])c1cnc(-n2c3[c-]c(Oc4[c-]c(-c5cc(-c6ccc(C)cc6C)c(C)cn5)ccc4)ccc3c3cc(-c4ccccc4)ccc32)cc1C([2H])([2H])[2H].[Pt+2]. The smallest absolute Gasteiger partial charge is 0.503 e. The van der Waals surface area contributed by atoms with Gasteiger partial charge in [-0.3, -0.25) is 0 Å².